The Bertz CT molecular complexity index is 735. The van der Waals surface area contributed by atoms with Gasteiger partial charge in [-0.1, -0.05) is 86.2 Å². The number of fused-ring (bicyclic) bond motifs is 1. The van der Waals surface area contributed by atoms with Crippen LogP contribution >= 0.6 is 0 Å². The number of allylic oxidation sites excluding steroid dienone is 2. The van der Waals surface area contributed by atoms with E-state index in [4.69, 9.17) is 0 Å². The van der Waals surface area contributed by atoms with Gasteiger partial charge in [-0.2, -0.15) is 0 Å². The number of rotatable bonds is 3. The number of aryl methyl sites for hydroxylation is 1. The minimum Gasteiger partial charge on any atom is -0.367 e. The molecule has 0 amide bonds. The molecule has 2 aromatic carbocycles. The van der Waals surface area contributed by atoms with Crippen LogP contribution in [0.15, 0.2) is 66.8 Å². The van der Waals surface area contributed by atoms with Crippen LogP contribution in [0.25, 0.3) is 6.08 Å². The first-order valence-corrected chi connectivity index (χ1v) is 8.24. The summed E-state index contributed by atoms with van der Waals surface area (Å²) in [4.78, 5) is 2.38. The summed E-state index contributed by atoms with van der Waals surface area (Å²) in [6, 6.07) is 17.7. The molecular weight excluding hydrogens is 278 g/mol. The fourth-order valence-electron chi connectivity index (χ4n) is 3.50. The van der Waals surface area contributed by atoms with Crippen LogP contribution in [0.2, 0.25) is 0 Å². The minimum atomic E-state index is 0.125. The number of hydrogen-bond donors (Lipinski definition) is 0. The van der Waals surface area contributed by atoms with Crippen molar-refractivity contribution in [1.82, 2.24) is 0 Å². The SMILES string of the molecule is Cc1ccc(/C=C/C=C/C2N(C)c3ccccc3C2(C)C)cc1. The molecule has 0 bridgehead atoms. The molecule has 118 valence electrons. The van der Waals surface area contributed by atoms with Gasteiger partial charge in [-0.3, -0.25) is 0 Å². The smallest absolute Gasteiger partial charge is 0.0565 e. The van der Waals surface area contributed by atoms with Gasteiger partial charge in [0.2, 0.25) is 0 Å². The summed E-state index contributed by atoms with van der Waals surface area (Å²) < 4.78 is 0. The van der Waals surface area contributed by atoms with E-state index < -0.39 is 0 Å². The number of para-hydroxylation sites is 1. The molecule has 0 aliphatic carbocycles. The third-order valence-corrected chi connectivity index (χ3v) is 4.91. The zero-order chi connectivity index (χ0) is 16.4. The summed E-state index contributed by atoms with van der Waals surface area (Å²) in [5.74, 6) is 0. The summed E-state index contributed by atoms with van der Waals surface area (Å²) in [5, 5.41) is 0. The summed E-state index contributed by atoms with van der Waals surface area (Å²) in [5.41, 5.74) is 5.43. The molecule has 0 fully saturated rings. The Morgan fingerprint density at radius 1 is 0.957 bits per heavy atom. The molecule has 1 unspecified atom stereocenters. The first-order chi connectivity index (χ1) is 11.0. The Kier molecular flexibility index (Phi) is 4.12. The third-order valence-electron chi connectivity index (χ3n) is 4.91. The molecular formula is C22H25N. The number of likely N-dealkylation sites (N-methyl/N-ethyl adjacent to an activating group) is 1. The number of nitrogens with zero attached hydrogens (tertiary/aromatic N) is 1. The molecule has 23 heavy (non-hydrogen) atoms. The van der Waals surface area contributed by atoms with Gasteiger partial charge in [-0.05, 0) is 24.1 Å². The molecule has 1 atom stereocenters. The van der Waals surface area contributed by atoms with Crippen LogP contribution in [0.3, 0.4) is 0 Å². The van der Waals surface area contributed by atoms with E-state index in [-0.39, 0.29) is 5.41 Å². The van der Waals surface area contributed by atoms with Gasteiger partial charge in [0, 0.05) is 18.2 Å². The predicted molar refractivity (Wildman–Crippen MR) is 101 cm³/mol. The molecule has 0 spiro atoms. The average molecular weight is 303 g/mol. The van der Waals surface area contributed by atoms with E-state index >= 15 is 0 Å². The average Bonchev–Trinajstić information content (AvgIpc) is 2.74. The zero-order valence-corrected chi connectivity index (χ0v) is 14.5. The third kappa shape index (κ3) is 2.96. The summed E-state index contributed by atoms with van der Waals surface area (Å²) in [6.07, 6.45) is 8.78. The normalized spacial score (nSPS) is 19.7. The van der Waals surface area contributed by atoms with E-state index in [1.807, 2.05) is 0 Å². The Hall–Kier alpha value is -2.28. The largest absolute Gasteiger partial charge is 0.367 e. The maximum atomic E-state index is 2.38. The summed E-state index contributed by atoms with van der Waals surface area (Å²) in [6.45, 7) is 6.77. The van der Waals surface area contributed by atoms with Crippen molar-refractivity contribution in [2.24, 2.45) is 0 Å². The van der Waals surface area contributed by atoms with Crippen molar-refractivity contribution < 1.29 is 0 Å². The minimum absolute atomic E-state index is 0.125. The van der Waals surface area contributed by atoms with Gasteiger partial charge in [0.1, 0.15) is 0 Å². The van der Waals surface area contributed by atoms with Crippen LogP contribution in [0.4, 0.5) is 5.69 Å². The molecule has 1 heteroatoms. The molecule has 2 aromatic rings. The fourth-order valence-corrected chi connectivity index (χ4v) is 3.50. The van der Waals surface area contributed by atoms with Crippen molar-refractivity contribution in [1.29, 1.82) is 0 Å². The summed E-state index contributed by atoms with van der Waals surface area (Å²) in [7, 11) is 2.19. The highest BCUT2D eigenvalue weighted by molar-refractivity contribution is 5.64. The molecule has 0 saturated carbocycles. The van der Waals surface area contributed by atoms with Crippen molar-refractivity contribution in [3.63, 3.8) is 0 Å². The molecule has 0 aromatic heterocycles. The van der Waals surface area contributed by atoms with E-state index in [1.165, 1.54) is 22.4 Å². The van der Waals surface area contributed by atoms with Crippen LogP contribution < -0.4 is 4.90 Å². The van der Waals surface area contributed by atoms with Gasteiger partial charge in [0.25, 0.3) is 0 Å². The van der Waals surface area contributed by atoms with Crippen molar-refractivity contribution in [3.05, 3.63) is 83.4 Å². The lowest BCUT2D eigenvalue weighted by Crippen LogP contribution is -2.37. The quantitative estimate of drug-likeness (QED) is 0.690. The first-order valence-electron chi connectivity index (χ1n) is 8.24. The van der Waals surface area contributed by atoms with Gasteiger partial charge in [-0.15, -0.1) is 0 Å². The van der Waals surface area contributed by atoms with Gasteiger partial charge in [-0.25, -0.2) is 0 Å². The topological polar surface area (TPSA) is 3.24 Å². The second-order valence-electron chi connectivity index (χ2n) is 6.95. The molecule has 0 saturated heterocycles. The molecule has 1 nitrogen and oxygen atoms in total. The van der Waals surface area contributed by atoms with Gasteiger partial charge in [0.15, 0.2) is 0 Å². The maximum Gasteiger partial charge on any atom is 0.0565 e. The standard InChI is InChI=1S/C22H25N/c1-17-13-15-18(16-14-17)9-5-8-12-21-22(2,3)19-10-6-7-11-20(19)23(21)4/h5-16,21H,1-4H3/b9-5+,12-8+. The lowest BCUT2D eigenvalue weighted by atomic mass is 9.80. The van der Waals surface area contributed by atoms with Crippen LogP contribution in [-0.4, -0.2) is 13.1 Å². The highest BCUT2D eigenvalue weighted by atomic mass is 15.2. The van der Waals surface area contributed by atoms with Crippen LogP contribution in [0.5, 0.6) is 0 Å². The van der Waals surface area contributed by atoms with Crippen molar-refractivity contribution >= 4 is 11.8 Å². The van der Waals surface area contributed by atoms with Gasteiger partial charge >= 0.3 is 0 Å². The van der Waals surface area contributed by atoms with E-state index in [1.54, 1.807) is 0 Å². The predicted octanol–water partition coefficient (Wildman–Crippen LogP) is 5.36. The van der Waals surface area contributed by atoms with Crippen LogP contribution in [-0.2, 0) is 5.41 Å². The zero-order valence-electron chi connectivity index (χ0n) is 14.5. The van der Waals surface area contributed by atoms with E-state index in [0.29, 0.717) is 6.04 Å². The van der Waals surface area contributed by atoms with Crippen molar-refractivity contribution in [2.45, 2.75) is 32.2 Å². The Labute approximate surface area is 140 Å². The highest BCUT2D eigenvalue weighted by Gasteiger charge is 2.40. The van der Waals surface area contributed by atoms with E-state index in [9.17, 15) is 0 Å². The Morgan fingerprint density at radius 3 is 2.35 bits per heavy atom. The first kappa shape index (κ1) is 15.6. The van der Waals surface area contributed by atoms with Crippen molar-refractivity contribution in [2.75, 3.05) is 11.9 Å². The second-order valence-corrected chi connectivity index (χ2v) is 6.95. The fraction of sp³-hybridized carbons (Fsp3) is 0.273. The van der Waals surface area contributed by atoms with E-state index in [2.05, 4.69) is 106 Å². The lowest BCUT2D eigenvalue weighted by Gasteiger charge is -2.29. The molecule has 3 rings (SSSR count). The molecule has 0 N–H and O–H groups in total. The maximum absolute atomic E-state index is 2.38. The Morgan fingerprint density at radius 2 is 1.65 bits per heavy atom. The van der Waals surface area contributed by atoms with Crippen LogP contribution in [0, 0.1) is 6.92 Å². The molecule has 1 aliphatic rings. The second kappa shape index (κ2) is 6.08. The van der Waals surface area contributed by atoms with Crippen molar-refractivity contribution in [3.8, 4) is 0 Å². The van der Waals surface area contributed by atoms with Crippen LogP contribution in [0.1, 0.15) is 30.5 Å². The number of anilines is 1. The molecule has 1 heterocycles. The number of benzene rings is 2. The monoisotopic (exact) mass is 303 g/mol. The van der Waals surface area contributed by atoms with Gasteiger partial charge < -0.3 is 4.90 Å². The van der Waals surface area contributed by atoms with E-state index in [0.717, 1.165) is 0 Å². The summed E-state index contributed by atoms with van der Waals surface area (Å²) >= 11 is 0. The number of hydrogen-bond acceptors (Lipinski definition) is 1. The van der Waals surface area contributed by atoms with Gasteiger partial charge in [0.05, 0.1) is 6.04 Å². The Balaban J connectivity index is 1.77. The lowest BCUT2D eigenvalue weighted by molar-refractivity contribution is 0.488. The molecule has 1 aliphatic heterocycles. The highest BCUT2D eigenvalue weighted by Crippen LogP contribution is 2.44. The molecule has 0 radical (unpaired) electrons.